The van der Waals surface area contributed by atoms with Crippen LogP contribution in [-0.2, 0) is 6.54 Å². The fourth-order valence-corrected chi connectivity index (χ4v) is 2.74. The Labute approximate surface area is 135 Å². The fraction of sp³-hybridized carbons (Fsp3) is 0.222. The zero-order valence-corrected chi connectivity index (χ0v) is 13.7. The second-order valence-corrected chi connectivity index (χ2v) is 5.95. The molecular weight excluding hydrogens is 294 g/mol. The minimum Gasteiger partial charge on any atom is -0.355 e. The van der Waals surface area contributed by atoms with Gasteiger partial charge in [-0.25, -0.2) is 4.98 Å². The molecule has 0 radical (unpaired) electrons. The van der Waals surface area contributed by atoms with Crippen molar-refractivity contribution in [3.05, 3.63) is 64.4 Å². The molecule has 0 fully saturated rings. The molecule has 3 aromatic rings. The highest BCUT2D eigenvalue weighted by Crippen LogP contribution is 2.28. The first kappa shape index (κ1) is 14.8. The van der Waals surface area contributed by atoms with E-state index in [1.54, 1.807) is 0 Å². The maximum Gasteiger partial charge on any atom is 0.224 e. The van der Waals surface area contributed by atoms with E-state index in [2.05, 4.69) is 53.0 Å². The van der Waals surface area contributed by atoms with E-state index in [1.807, 2.05) is 25.2 Å². The number of benzene rings is 2. The molecule has 1 heterocycles. The van der Waals surface area contributed by atoms with Gasteiger partial charge in [-0.1, -0.05) is 30.3 Å². The number of halogens is 1. The molecule has 2 aromatic carbocycles. The molecule has 0 spiro atoms. The van der Waals surface area contributed by atoms with Gasteiger partial charge in [0.15, 0.2) is 0 Å². The average Bonchev–Trinajstić information content (AvgIpc) is 2.49. The predicted octanol–water partition coefficient (Wildman–Crippen LogP) is 4.54. The Bertz CT molecular complexity index is 815. The van der Waals surface area contributed by atoms with E-state index in [-0.39, 0.29) is 5.28 Å². The summed E-state index contributed by atoms with van der Waals surface area (Å²) in [7, 11) is 2.03. The highest BCUT2D eigenvalue weighted by atomic mass is 35.5. The van der Waals surface area contributed by atoms with Crippen LogP contribution in [0.5, 0.6) is 0 Å². The van der Waals surface area contributed by atoms with Gasteiger partial charge in [0.05, 0.1) is 5.52 Å². The van der Waals surface area contributed by atoms with Crippen molar-refractivity contribution in [3.63, 3.8) is 0 Å². The molecule has 22 heavy (non-hydrogen) atoms. The number of aryl methyl sites for hydroxylation is 2. The van der Waals surface area contributed by atoms with Gasteiger partial charge in [-0.15, -0.1) is 0 Å². The molecule has 0 aliphatic carbocycles. The second kappa shape index (κ2) is 5.93. The van der Waals surface area contributed by atoms with Crippen LogP contribution >= 0.6 is 11.6 Å². The highest BCUT2D eigenvalue weighted by Gasteiger charge is 2.12. The van der Waals surface area contributed by atoms with Crippen molar-refractivity contribution in [1.82, 2.24) is 9.97 Å². The first-order valence-corrected chi connectivity index (χ1v) is 7.62. The van der Waals surface area contributed by atoms with E-state index in [1.165, 1.54) is 16.7 Å². The lowest BCUT2D eigenvalue weighted by molar-refractivity contribution is 0.900. The number of hydrogen-bond acceptors (Lipinski definition) is 3. The molecule has 3 nitrogen and oxygen atoms in total. The smallest absolute Gasteiger partial charge is 0.224 e. The first-order chi connectivity index (χ1) is 10.5. The Morgan fingerprint density at radius 1 is 1.00 bits per heavy atom. The third kappa shape index (κ3) is 2.90. The van der Waals surface area contributed by atoms with Crippen molar-refractivity contribution in [2.75, 3.05) is 11.9 Å². The van der Waals surface area contributed by atoms with E-state index in [9.17, 15) is 0 Å². The number of fused-ring (bicyclic) bond motifs is 1. The van der Waals surface area contributed by atoms with Crippen molar-refractivity contribution < 1.29 is 0 Å². The van der Waals surface area contributed by atoms with Gasteiger partial charge in [-0.2, -0.15) is 4.98 Å². The normalized spacial score (nSPS) is 10.9. The van der Waals surface area contributed by atoms with Crippen LogP contribution in [0, 0.1) is 13.8 Å². The summed E-state index contributed by atoms with van der Waals surface area (Å²) in [5.41, 5.74) is 4.56. The van der Waals surface area contributed by atoms with E-state index >= 15 is 0 Å². The molecule has 0 unspecified atom stereocenters. The molecule has 3 rings (SSSR count). The van der Waals surface area contributed by atoms with Crippen LogP contribution in [-0.4, -0.2) is 17.0 Å². The van der Waals surface area contributed by atoms with Crippen molar-refractivity contribution in [2.45, 2.75) is 20.4 Å². The van der Waals surface area contributed by atoms with Crippen LogP contribution in [0.2, 0.25) is 5.28 Å². The van der Waals surface area contributed by atoms with Gasteiger partial charge in [0.2, 0.25) is 5.28 Å². The van der Waals surface area contributed by atoms with Crippen LogP contribution in [0.1, 0.15) is 16.7 Å². The lowest BCUT2D eigenvalue weighted by Gasteiger charge is -2.20. The summed E-state index contributed by atoms with van der Waals surface area (Å²) in [6.07, 6.45) is 0. The zero-order valence-electron chi connectivity index (χ0n) is 13.0. The number of nitrogens with zero attached hydrogens (tertiary/aromatic N) is 3. The van der Waals surface area contributed by atoms with Gasteiger partial charge in [0.1, 0.15) is 5.82 Å². The van der Waals surface area contributed by atoms with Crippen molar-refractivity contribution in [2.24, 2.45) is 0 Å². The highest BCUT2D eigenvalue weighted by molar-refractivity contribution is 6.28. The molecule has 0 N–H and O–H groups in total. The van der Waals surface area contributed by atoms with Crippen LogP contribution in [0.3, 0.4) is 0 Å². The Hall–Kier alpha value is -2.13. The summed E-state index contributed by atoms with van der Waals surface area (Å²) in [4.78, 5) is 10.9. The summed E-state index contributed by atoms with van der Waals surface area (Å²) in [5, 5.41) is 1.32. The largest absolute Gasteiger partial charge is 0.355 e. The van der Waals surface area contributed by atoms with Crippen LogP contribution in [0.15, 0.2) is 42.5 Å². The van der Waals surface area contributed by atoms with E-state index < -0.39 is 0 Å². The number of anilines is 1. The van der Waals surface area contributed by atoms with E-state index in [0.717, 1.165) is 23.3 Å². The Kier molecular flexibility index (Phi) is 3.99. The molecule has 0 aliphatic heterocycles. The molecule has 1 aromatic heterocycles. The minimum absolute atomic E-state index is 0.283. The second-order valence-electron chi connectivity index (χ2n) is 5.61. The molecule has 0 atom stereocenters. The van der Waals surface area contributed by atoms with E-state index in [4.69, 9.17) is 11.6 Å². The van der Waals surface area contributed by atoms with Gasteiger partial charge in [0.25, 0.3) is 0 Å². The molecule has 0 saturated carbocycles. The quantitative estimate of drug-likeness (QED) is 0.665. The maximum atomic E-state index is 6.11. The van der Waals surface area contributed by atoms with Gasteiger partial charge < -0.3 is 4.90 Å². The third-order valence-electron chi connectivity index (χ3n) is 3.89. The number of hydrogen-bond donors (Lipinski definition) is 0. The standard InChI is InChI=1S/C18H18ClN3/c1-12-9-15-16(10-13(12)2)20-18(19)21-17(15)22(3)11-14-7-5-4-6-8-14/h4-10H,11H2,1-3H3. The minimum atomic E-state index is 0.283. The molecule has 112 valence electrons. The van der Waals surface area contributed by atoms with Crippen molar-refractivity contribution >= 4 is 28.3 Å². The van der Waals surface area contributed by atoms with Crippen molar-refractivity contribution in [3.8, 4) is 0 Å². The van der Waals surface area contributed by atoms with Gasteiger partial charge >= 0.3 is 0 Å². The van der Waals surface area contributed by atoms with Gasteiger partial charge in [-0.05, 0) is 54.3 Å². The Morgan fingerprint density at radius 3 is 2.41 bits per heavy atom. The SMILES string of the molecule is Cc1cc2nc(Cl)nc(N(C)Cc3ccccc3)c2cc1C. The number of rotatable bonds is 3. The third-order valence-corrected chi connectivity index (χ3v) is 4.06. The molecule has 0 bridgehead atoms. The monoisotopic (exact) mass is 311 g/mol. The zero-order chi connectivity index (χ0) is 15.7. The molecular formula is C18H18ClN3. The predicted molar refractivity (Wildman–Crippen MR) is 92.6 cm³/mol. The lowest BCUT2D eigenvalue weighted by Crippen LogP contribution is -2.18. The number of aromatic nitrogens is 2. The van der Waals surface area contributed by atoms with Gasteiger partial charge in [0, 0.05) is 19.0 Å². The van der Waals surface area contributed by atoms with Crippen LogP contribution < -0.4 is 4.90 Å². The molecule has 0 aliphatic rings. The topological polar surface area (TPSA) is 29.0 Å². The molecule has 0 saturated heterocycles. The lowest BCUT2D eigenvalue weighted by atomic mass is 10.1. The average molecular weight is 312 g/mol. The summed E-state index contributed by atoms with van der Waals surface area (Å²) < 4.78 is 0. The van der Waals surface area contributed by atoms with Crippen LogP contribution in [0.25, 0.3) is 10.9 Å². The van der Waals surface area contributed by atoms with Crippen LogP contribution in [0.4, 0.5) is 5.82 Å². The van der Waals surface area contributed by atoms with Gasteiger partial charge in [-0.3, -0.25) is 0 Å². The fourth-order valence-electron chi connectivity index (χ4n) is 2.57. The summed E-state index contributed by atoms with van der Waals surface area (Å²) in [6, 6.07) is 14.5. The summed E-state index contributed by atoms with van der Waals surface area (Å²) in [6.45, 7) is 4.96. The Morgan fingerprint density at radius 2 is 1.68 bits per heavy atom. The Balaban J connectivity index is 2.07. The summed E-state index contributed by atoms with van der Waals surface area (Å²) in [5.74, 6) is 0.863. The van der Waals surface area contributed by atoms with Crippen molar-refractivity contribution in [1.29, 1.82) is 0 Å². The van der Waals surface area contributed by atoms with E-state index in [0.29, 0.717) is 0 Å². The molecule has 0 amide bonds. The maximum absolute atomic E-state index is 6.11. The molecule has 4 heteroatoms. The summed E-state index contributed by atoms with van der Waals surface area (Å²) >= 11 is 6.11. The first-order valence-electron chi connectivity index (χ1n) is 7.24.